The van der Waals surface area contributed by atoms with Crippen molar-refractivity contribution in [1.29, 1.82) is 0 Å². The molecule has 0 fully saturated rings. The van der Waals surface area contributed by atoms with Gasteiger partial charge in [0.15, 0.2) is 11.5 Å². The molecule has 0 saturated heterocycles. The molecule has 0 aliphatic carbocycles. The van der Waals surface area contributed by atoms with E-state index in [4.69, 9.17) is 19.6 Å². The van der Waals surface area contributed by atoms with Crippen molar-refractivity contribution in [1.82, 2.24) is 4.72 Å². The van der Waals surface area contributed by atoms with Crippen molar-refractivity contribution in [3.63, 3.8) is 0 Å². The molecule has 8 heteroatoms. The highest BCUT2D eigenvalue weighted by Gasteiger charge is 2.27. The third-order valence-corrected chi connectivity index (χ3v) is 6.70. The summed E-state index contributed by atoms with van der Waals surface area (Å²) >= 11 is 0. The van der Waals surface area contributed by atoms with E-state index in [-0.39, 0.29) is 4.90 Å². The van der Waals surface area contributed by atoms with Gasteiger partial charge in [0.1, 0.15) is 17.4 Å². The van der Waals surface area contributed by atoms with Crippen LogP contribution in [0.4, 0.5) is 5.69 Å². The van der Waals surface area contributed by atoms with Gasteiger partial charge in [-0.25, -0.2) is 8.42 Å². The zero-order valence-corrected chi connectivity index (χ0v) is 18.0. The molecular weight excluding hydrogens is 428 g/mol. The number of hydrogen-bond donors (Lipinski definition) is 2. The van der Waals surface area contributed by atoms with Crippen molar-refractivity contribution in [2.75, 3.05) is 18.9 Å². The zero-order valence-electron chi connectivity index (χ0n) is 17.2. The Kier molecular flexibility index (Phi) is 5.24. The molecule has 1 aromatic heterocycles. The summed E-state index contributed by atoms with van der Waals surface area (Å²) in [6, 6.07) is 20.3. The molecule has 7 nitrogen and oxygen atoms in total. The van der Waals surface area contributed by atoms with E-state index in [2.05, 4.69) is 4.72 Å². The first-order chi connectivity index (χ1) is 15.5. The lowest BCUT2D eigenvalue weighted by atomic mass is 10.0. The van der Waals surface area contributed by atoms with E-state index in [9.17, 15) is 8.42 Å². The predicted octanol–water partition coefficient (Wildman–Crippen LogP) is 4.24. The molecule has 2 heterocycles. The van der Waals surface area contributed by atoms with Crippen LogP contribution in [0.1, 0.15) is 23.8 Å². The summed E-state index contributed by atoms with van der Waals surface area (Å²) in [5, 5.41) is 0.881. The Balaban J connectivity index is 1.55. The zero-order chi connectivity index (χ0) is 22.1. The van der Waals surface area contributed by atoms with Crippen LogP contribution < -0.4 is 19.9 Å². The first kappa shape index (κ1) is 20.4. The van der Waals surface area contributed by atoms with Gasteiger partial charge >= 0.3 is 0 Å². The lowest BCUT2D eigenvalue weighted by Crippen LogP contribution is -2.29. The number of para-hydroxylation sites is 1. The van der Waals surface area contributed by atoms with E-state index in [1.165, 1.54) is 12.1 Å². The number of fused-ring (bicyclic) bond motifs is 2. The standard InChI is InChI=1S/C24H22N2O5S/c25-18-7-3-6-17(13-18)24(23-14-16-5-1-2-8-20(16)31-23)26-32(27,28)19-9-10-21-22(15-19)30-12-4-11-29-21/h1-3,5-10,13-15,24,26H,4,11-12,25H2. The summed E-state index contributed by atoms with van der Waals surface area (Å²) in [6.07, 6.45) is 0.735. The van der Waals surface area contributed by atoms with E-state index in [0.29, 0.717) is 47.3 Å². The van der Waals surface area contributed by atoms with E-state index >= 15 is 0 Å². The van der Waals surface area contributed by atoms with Crippen LogP contribution in [-0.4, -0.2) is 21.6 Å². The molecule has 0 bridgehead atoms. The van der Waals surface area contributed by atoms with Crippen molar-refractivity contribution >= 4 is 26.7 Å². The largest absolute Gasteiger partial charge is 0.490 e. The van der Waals surface area contributed by atoms with Crippen LogP contribution >= 0.6 is 0 Å². The molecule has 3 N–H and O–H groups in total. The van der Waals surface area contributed by atoms with Gasteiger partial charge in [0.05, 0.1) is 18.1 Å². The summed E-state index contributed by atoms with van der Waals surface area (Å²) in [5.41, 5.74) is 7.84. The summed E-state index contributed by atoms with van der Waals surface area (Å²) in [7, 11) is -3.94. The quantitative estimate of drug-likeness (QED) is 0.441. The number of nitrogens with two attached hydrogens (primary N) is 1. The monoisotopic (exact) mass is 450 g/mol. The van der Waals surface area contributed by atoms with Gasteiger partial charge in [-0.05, 0) is 42.0 Å². The smallest absolute Gasteiger partial charge is 0.241 e. The van der Waals surface area contributed by atoms with Gasteiger partial charge in [-0.3, -0.25) is 0 Å². The first-order valence-electron chi connectivity index (χ1n) is 10.3. The van der Waals surface area contributed by atoms with Crippen molar-refractivity contribution in [2.45, 2.75) is 17.4 Å². The summed E-state index contributed by atoms with van der Waals surface area (Å²) in [5.74, 6) is 1.41. The Labute approximate surface area is 185 Å². The van der Waals surface area contributed by atoms with Gasteiger partial charge in [0.25, 0.3) is 0 Å². The maximum Gasteiger partial charge on any atom is 0.241 e. The van der Waals surface area contributed by atoms with Crippen LogP contribution in [-0.2, 0) is 10.0 Å². The fraction of sp³-hybridized carbons (Fsp3) is 0.167. The van der Waals surface area contributed by atoms with E-state index in [1.807, 2.05) is 36.4 Å². The molecule has 1 aliphatic rings. The van der Waals surface area contributed by atoms with Crippen molar-refractivity contribution in [3.05, 3.63) is 84.1 Å². The minimum atomic E-state index is -3.94. The highest BCUT2D eigenvalue weighted by atomic mass is 32.2. The highest BCUT2D eigenvalue weighted by molar-refractivity contribution is 7.89. The summed E-state index contributed by atoms with van der Waals surface area (Å²) in [6.45, 7) is 0.996. The average molecular weight is 451 g/mol. The molecule has 32 heavy (non-hydrogen) atoms. The van der Waals surface area contributed by atoms with Gasteiger partial charge in [0.2, 0.25) is 10.0 Å². The number of benzene rings is 3. The fourth-order valence-corrected chi connectivity index (χ4v) is 4.92. The molecule has 164 valence electrons. The molecule has 0 spiro atoms. The number of anilines is 1. The van der Waals surface area contributed by atoms with Crippen LogP contribution in [0.15, 0.2) is 82.1 Å². The van der Waals surface area contributed by atoms with Crippen molar-refractivity contribution in [3.8, 4) is 11.5 Å². The van der Waals surface area contributed by atoms with Crippen LogP contribution in [0.3, 0.4) is 0 Å². The second-order valence-electron chi connectivity index (χ2n) is 7.57. The Morgan fingerprint density at radius 2 is 1.69 bits per heavy atom. The van der Waals surface area contributed by atoms with Crippen molar-refractivity contribution in [2.24, 2.45) is 0 Å². The normalized spacial score (nSPS) is 14.8. The number of rotatable bonds is 5. The lowest BCUT2D eigenvalue weighted by molar-refractivity contribution is 0.297. The number of nitrogens with one attached hydrogen (secondary N) is 1. The van der Waals surface area contributed by atoms with Gasteiger partial charge in [-0.15, -0.1) is 0 Å². The van der Waals surface area contributed by atoms with Crippen molar-refractivity contribution < 1.29 is 22.3 Å². The highest BCUT2D eigenvalue weighted by Crippen LogP contribution is 2.34. The summed E-state index contributed by atoms with van der Waals surface area (Å²) < 4.78 is 46.8. The maximum atomic E-state index is 13.4. The Bertz CT molecular complexity index is 1350. The number of ether oxygens (including phenoxy) is 2. The minimum absolute atomic E-state index is 0.0757. The van der Waals surface area contributed by atoms with E-state index in [1.54, 1.807) is 24.3 Å². The molecule has 0 radical (unpaired) electrons. The molecule has 1 unspecified atom stereocenters. The average Bonchev–Trinajstić information content (AvgIpc) is 3.07. The fourth-order valence-electron chi connectivity index (χ4n) is 3.71. The molecule has 3 aromatic carbocycles. The topological polar surface area (TPSA) is 104 Å². The molecule has 0 amide bonds. The van der Waals surface area contributed by atoms with Crippen LogP contribution in [0.5, 0.6) is 11.5 Å². The van der Waals surface area contributed by atoms with Gasteiger partial charge < -0.3 is 19.6 Å². The lowest BCUT2D eigenvalue weighted by Gasteiger charge is -2.18. The van der Waals surface area contributed by atoms with E-state index in [0.717, 1.165) is 11.8 Å². The van der Waals surface area contributed by atoms with Gasteiger partial charge in [0, 0.05) is 23.6 Å². The Morgan fingerprint density at radius 3 is 2.50 bits per heavy atom. The van der Waals surface area contributed by atoms with Crippen LogP contribution in [0, 0.1) is 0 Å². The number of hydrogen-bond acceptors (Lipinski definition) is 6. The predicted molar refractivity (Wildman–Crippen MR) is 121 cm³/mol. The van der Waals surface area contributed by atoms with Crippen LogP contribution in [0.25, 0.3) is 11.0 Å². The molecule has 1 atom stereocenters. The molecule has 0 saturated carbocycles. The number of sulfonamides is 1. The molecular formula is C24H22N2O5S. The molecule has 1 aliphatic heterocycles. The van der Waals surface area contributed by atoms with Gasteiger partial charge in [-0.1, -0.05) is 30.3 Å². The SMILES string of the molecule is Nc1cccc(C(NS(=O)(=O)c2ccc3c(c2)OCCCO3)c2cc3ccccc3o2)c1. The van der Waals surface area contributed by atoms with E-state index < -0.39 is 16.1 Å². The second-order valence-corrected chi connectivity index (χ2v) is 9.28. The third kappa shape index (κ3) is 4.02. The molecule has 4 aromatic rings. The molecule has 5 rings (SSSR count). The Morgan fingerprint density at radius 1 is 0.875 bits per heavy atom. The first-order valence-corrected chi connectivity index (χ1v) is 11.7. The summed E-state index contributed by atoms with van der Waals surface area (Å²) in [4.78, 5) is 0.0757. The Hall–Kier alpha value is -3.49. The number of nitrogen functional groups attached to an aromatic ring is 1. The minimum Gasteiger partial charge on any atom is -0.490 e. The third-order valence-electron chi connectivity index (χ3n) is 5.28. The number of furan rings is 1. The maximum absolute atomic E-state index is 13.4. The van der Waals surface area contributed by atoms with Crippen LogP contribution in [0.2, 0.25) is 0 Å². The second kappa shape index (κ2) is 8.22. The van der Waals surface area contributed by atoms with Gasteiger partial charge in [-0.2, -0.15) is 4.72 Å².